The lowest BCUT2D eigenvalue weighted by atomic mass is 10.1. The van der Waals surface area contributed by atoms with Crippen LogP contribution < -0.4 is 0 Å². The van der Waals surface area contributed by atoms with Gasteiger partial charge in [0.25, 0.3) is 0 Å². The van der Waals surface area contributed by atoms with E-state index in [1.807, 2.05) is 24.3 Å². The van der Waals surface area contributed by atoms with Gasteiger partial charge in [0.15, 0.2) is 6.33 Å². The van der Waals surface area contributed by atoms with E-state index in [1.165, 1.54) is 11.1 Å². The van der Waals surface area contributed by atoms with Crippen molar-refractivity contribution >= 4 is 11.6 Å². The largest absolute Gasteiger partial charge is 0.375 e. The number of benzene rings is 1. The summed E-state index contributed by atoms with van der Waals surface area (Å²) >= 11 is 6.09. The Morgan fingerprint density at radius 3 is 2.88 bits per heavy atom. The lowest BCUT2D eigenvalue weighted by Crippen LogP contribution is -2.14. The van der Waals surface area contributed by atoms with E-state index in [2.05, 4.69) is 15.4 Å². The van der Waals surface area contributed by atoms with E-state index in [4.69, 9.17) is 16.3 Å². The maximum absolute atomic E-state index is 6.09. The van der Waals surface area contributed by atoms with Crippen molar-refractivity contribution in [1.82, 2.24) is 20.2 Å². The molecule has 0 aliphatic carbocycles. The fourth-order valence-electron chi connectivity index (χ4n) is 1.46. The van der Waals surface area contributed by atoms with E-state index in [0.29, 0.717) is 11.6 Å². The SMILES string of the molecule is COC(Cn1ncnn1)c1ccccc1Cl. The fraction of sp³-hybridized carbons (Fsp3) is 0.300. The number of hydrogen-bond acceptors (Lipinski definition) is 4. The third-order valence-corrected chi connectivity index (χ3v) is 2.60. The van der Waals surface area contributed by atoms with E-state index in [1.54, 1.807) is 7.11 Å². The summed E-state index contributed by atoms with van der Waals surface area (Å²) in [5.41, 5.74) is 0.920. The number of tetrazole rings is 1. The molecule has 0 N–H and O–H groups in total. The van der Waals surface area contributed by atoms with Crippen molar-refractivity contribution in [3.05, 3.63) is 41.2 Å². The molecule has 1 unspecified atom stereocenters. The van der Waals surface area contributed by atoms with Crippen molar-refractivity contribution in [2.24, 2.45) is 0 Å². The summed E-state index contributed by atoms with van der Waals surface area (Å²) in [5.74, 6) is 0. The molecule has 0 amide bonds. The maximum atomic E-state index is 6.09. The number of methoxy groups -OCH3 is 1. The molecule has 0 fully saturated rings. The van der Waals surface area contributed by atoms with Gasteiger partial charge in [0.1, 0.15) is 6.10 Å². The summed E-state index contributed by atoms with van der Waals surface area (Å²) in [6, 6.07) is 7.55. The molecule has 84 valence electrons. The first-order valence-corrected chi connectivity index (χ1v) is 5.17. The van der Waals surface area contributed by atoms with Crippen LogP contribution >= 0.6 is 11.6 Å². The highest BCUT2D eigenvalue weighted by atomic mass is 35.5. The Morgan fingerprint density at radius 1 is 1.44 bits per heavy atom. The van der Waals surface area contributed by atoms with Gasteiger partial charge in [0.05, 0.1) is 6.54 Å². The Bertz CT molecular complexity index is 446. The first kappa shape index (κ1) is 11.0. The van der Waals surface area contributed by atoms with Gasteiger partial charge in [-0.3, -0.25) is 0 Å². The van der Waals surface area contributed by atoms with Gasteiger partial charge in [-0.05, 0) is 11.3 Å². The highest BCUT2D eigenvalue weighted by Gasteiger charge is 2.15. The van der Waals surface area contributed by atoms with Crippen LogP contribution in [0.2, 0.25) is 5.02 Å². The van der Waals surface area contributed by atoms with Gasteiger partial charge >= 0.3 is 0 Å². The number of halogens is 1. The lowest BCUT2D eigenvalue weighted by Gasteiger charge is -2.15. The van der Waals surface area contributed by atoms with Gasteiger partial charge in [0.2, 0.25) is 0 Å². The normalized spacial score (nSPS) is 12.6. The molecule has 1 aromatic heterocycles. The van der Waals surface area contributed by atoms with Crippen LogP contribution in [0, 0.1) is 0 Å². The standard InChI is InChI=1S/C10H11ClN4O/c1-16-10(6-15-13-7-12-14-15)8-4-2-3-5-9(8)11/h2-5,7,10H,6H2,1H3. The van der Waals surface area contributed by atoms with E-state index < -0.39 is 0 Å². The monoisotopic (exact) mass is 238 g/mol. The Kier molecular flexibility index (Phi) is 3.48. The summed E-state index contributed by atoms with van der Waals surface area (Å²) < 4.78 is 5.38. The predicted octanol–water partition coefficient (Wildman–Crippen LogP) is 1.71. The summed E-state index contributed by atoms with van der Waals surface area (Å²) in [4.78, 5) is 1.47. The second-order valence-electron chi connectivity index (χ2n) is 3.24. The van der Waals surface area contributed by atoms with Gasteiger partial charge in [-0.2, -0.15) is 4.80 Å². The first-order chi connectivity index (χ1) is 7.81. The number of nitrogens with zero attached hydrogens (tertiary/aromatic N) is 4. The smallest absolute Gasteiger partial charge is 0.162 e. The minimum atomic E-state index is -0.178. The van der Waals surface area contributed by atoms with E-state index in [9.17, 15) is 0 Å². The average molecular weight is 239 g/mol. The van der Waals surface area contributed by atoms with E-state index >= 15 is 0 Å². The van der Waals surface area contributed by atoms with Gasteiger partial charge in [0, 0.05) is 17.7 Å². The van der Waals surface area contributed by atoms with E-state index in [-0.39, 0.29) is 6.10 Å². The second-order valence-corrected chi connectivity index (χ2v) is 3.64. The zero-order valence-electron chi connectivity index (χ0n) is 8.75. The van der Waals surface area contributed by atoms with Crippen LogP contribution in [0.3, 0.4) is 0 Å². The van der Waals surface area contributed by atoms with Crippen molar-refractivity contribution in [1.29, 1.82) is 0 Å². The van der Waals surface area contributed by atoms with Gasteiger partial charge in [-0.15, -0.1) is 10.2 Å². The third-order valence-electron chi connectivity index (χ3n) is 2.26. The summed E-state index contributed by atoms with van der Waals surface area (Å²) in [7, 11) is 1.63. The van der Waals surface area contributed by atoms with Crippen molar-refractivity contribution in [3.8, 4) is 0 Å². The number of rotatable bonds is 4. The van der Waals surface area contributed by atoms with Crippen LogP contribution in [0.15, 0.2) is 30.6 Å². The molecule has 0 saturated carbocycles. The molecular formula is C10H11ClN4O. The van der Waals surface area contributed by atoms with Crippen LogP contribution in [0.25, 0.3) is 0 Å². The first-order valence-electron chi connectivity index (χ1n) is 4.79. The highest BCUT2D eigenvalue weighted by molar-refractivity contribution is 6.31. The van der Waals surface area contributed by atoms with Crippen molar-refractivity contribution < 1.29 is 4.74 Å². The Morgan fingerprint density at radius 2 is 2.25 bits per heavy atom. The van der Waals surface area contributed by atoms with Crippen LogP contribution in [-0.2, 0) is 11.3 Å². The average Bonchev–Trinajstić information content (AvgIpc) is 2.80. The van der Waals surface area contributed by atoms with Gasteiger partial charge in [-0.25, -0.2) is 0 Å². The zero-order chi connectivity index (χ0) is 11.4. The molecule has 1 atom stereocenters. The molecular weight excluding hydrogens is 228 g/mol. The highest BCUT2D eigenvalue weighted by Crippen LogP contribution is 2.25. The molecule has 0 bridgehead atoms. The molecule has 6 heteroatoms. The molecule has 2 rings (SSSR count). The quantitative estimate of drug-likeness (QED) is 0.814. The van der Waals surface area contributed by atoms with Gasteiger partial charge in [-0.1, -0.05) is 29.8 Å². The Hall–Kier alpha value is -1.46. The van der Waals surface area contributed by atoms with Crippen molar-refractivity contribution in [2.45, 2.75) is 12.6 Å². The molecule has 5 nitrogen and oxygen atoms in total. The molecule has 16 heavy (non-hydrogen) atoms. The Labute approximate surface area is 98.0 Å². The molecule has 0 aliphatic heterocycles. The fourth-order valence-corrected chi connectivity index (χ4v) is 1.71. The van der Waals surface area contributed by atoms with Crippen LogP contribution in [0.5, 0.6) is 0 Å². The summed E-state index contributed by atoms with van der Waals surface area (Å²) in [6.45, 7) is 0.486. The molecule has 1 aromatic carbocycles. The summed E-state index contributed by atoms with van der Waals surface area (Å²) in [6.07, 6.45) is 1.21. The third kappa shape index (κ3) is 2.37. The maximum Gasteiger partial charge on any atom is 0.162 e. The van der Waals surface area contributed by atoms with Crippen LogP contribution in [0.1, 0.15) is 11.7 Å². The van der Waals surface area contributed by atoms with Crippen LogP contribution in [0.4, 0.5) is 0 Å². The number of hydrogen-bond donors (Lipinski definition) is 0. The Balaban J connectivity index is 2.20. The molecule has 0 saturated heterocycles. The second kappa shape index (κ2) is 5.05. The number of aromatic nitrogens is 4. The van der Waals surface area contributed by atoms with E-state index in [0.717, 1.165) is 5.56 Å². The zero-order valence-corrected chi connectivity index (χ0v) is 9.50. The van der Waals surface area contributed by atoms with Crippen molar-refractivity contribution in [2.75, 3.05) is 7.11 Å². The molecule has 2 aromatic rings. The molecule has 1 heterocycles. The molecule has 0 radical (unpaired) electrons. The minimum absolute atomic E-state index is 0.178. The lowest BCUT2D eigenvalue weighted by molar-refractivity contribution is 0.0802. The summed E-state index contributed by atoms with van der Waals surface area (Å²) in [5, 5.41) is 12.0. The molecule has 0 spiro atoms. The number of ether oxygens (including phenoxy) is 1. The van der Waals surface area contributed by atoms with Crippen LogP contribution in [-0.4, -0.2) is 27.3 Å². The minimum Gasteiger partial charge on any atom is -0.375 e. The predicted molar refractivity (Wildman–Crippen MR) is 59.0 cm³/mol. The van der Waals surface area contributed by atoms with Crippen molar-refractivity contribution in [3.63, 3.8) is 0 Å². The topological polar surface area (TPSA) is 52.8 Å². The molecule has 0 aliphatic rings. The van der Waals surface area contributed by atoms with Gasteiger partial charge < -0.3 is 4.74 Å².